The van der Waals surface area contributed by atoms with Crippen LogP contribution in [-0.2, 0) is 20.7 Å². The third-order valence-electron chi connectivity index (χ3n) is 7.40. The number of carbonyl (C=O) groups excluding carboxylic acids is 2. The first kappa shape index (κ1) is 26.0. The van der Waals surface area contributed by atoms with Gasteiger partial charge in [0.25, 0.3) is 11.7 Å². The molecule has 0 radical (unpaired) electrons. The van der Waals surface area contributed by atoms with Gasteiger partial charge in [-0.3, -0.25) is 9.59 Å². The number of Topliss-reactive ketones (excluding diaryl/α,β-unsaturated/α-hetero) is 1. The molecule has 0 spiro atoms. The van der Waals surface area contributed by atoms with E-state index >= 15 is 0 Å². The quantitative estimate of drug-likeness (QED) is 0.229. The standard InChI is InChI=1S/C30H34N2O6/c1-3-15-37-24-8-5-21(6-9-24)27-26(28(33)22-7-10-25-23(19-22)18-20(2)38-25)29(34)30(35)32(27)12-4-11-31-13-16-36-17-14-31/h3,5-10,19-20,27,33H,1,4,11-18H2,2H3/p+1/t20-,27+/m0/s1. The van der Waals surface area contributed by atoms with Crippen molar-refractivity contribution in [2.75, 3.05) is 46.0 Å². The maximum Gasteiger partial charge on any atom is 0.295 e. The van der Waals surface area contributed by atoms with Crippen molar-refractivity contribution in [1.29, 1.82) is 0 Å². The van der Waals surface area contributed by atoms with Gasteiger partial charge in [-0.05, 0) is 48.4 Å². The number of amides is 1. The fraction of sp³-hybridized carbons (Fsp3) is 0.400. The molecule has 0 aromatic heterocycles. The minimum absolute atomic E-state index is 0.0587. The Kier molecular flexibility index (Phi) is 7.81. The third-order valence-corrected chi connectivity index (χ3v) is 7.40. The highest BCUT2D eigenvalue weighted by Crippen LogP contribution is 2.41. The molecule has 0 unspecified atom stereocenters. The Morgan fingerprint density at radius 1 is 1.18 bits per heavy atom. The molecule has 2 atom stereocenters. The van der Waals surface area contributed by atoms with Gasteiger partial charge in [0, 0.05) is 24.9 Å². The van der Waals surface area contributed by atoms with Gasteiger partial charge in [-0.25, -0.2) is 0 Å². The smallest absolute Gasteiger partial charge is 0.295 e. The summed E-state index contributed by atoms with van der Waals surface area (Å²) in [5.41, 5.74) is 2.34. The van der Waals surface area contributed by atoms with Gasteiger partial charge < -0.3 is 29.1 Å². The summed E-state index contributed by atoms with van der Waals surface area (Å²) in [6.45, 7) is 10.7. The highest BCUT2D eigenvalue weighted by molar-refractivity contribution is 6.46. The molecule has 8 nitrogen and oxygen atoms in total. The minimum Gasteiger partial charge on any atom is -0.507 e. The molecule has 3 aliphatic heterocycles. The molecular formula is C30H35N2O6+. The summed E-state index contributed by atoms with van der Waals surface area (Å²) >= 11 is 0. The van der Waals surface area contributed by atoms with E-state index in [1.54, 1.807) is 17.0 Å². The van der Waals surface area contributed by atoms with Gasteiger partial charge >= 0.3 is 0 Å². The first-order valence-corrected chi connectivity index (χ1v) is 13.3. The van der Waals surface area contributed by atoms with Crippen LogP contribution in [0.5, 0.6) is 11.5 Å². The van der Waals surface area contributed by atoms with Crippen LogP contribution >= 0.6 is 0 Å². The molecule has 2 aromatic carbocycles. The van der Waals surface area contributed by atoms with E-state index in [1.807, 2.05) is 43.3 Å². The minimum atomic E-state index is -0.688. The van der Waals surface area contributed by atoms with Gasteiger partial charge in [-0.2, -0.15) is 0 Å². The molecule has 5 rings (SSSR count). The lowest BCUT2D eigenvalue weighted by Crippen LogP contribution is -3.14. The van der Waals surface area contributed by atoms with E-state index in [2.05, 4.69) is 6.58 Å². The number of likely N-dealkylation sites (tertiary alicyclic amines) is 1. The van der Waals surface area contributed by atoms with Crippen LogP contribution < -0.4 is 14.4 Å². The summed E-state index contributed by atoms with van der Waals surface area (Å²) < 4.78 is 16.9. The van der Waals surface area contributed by atoms with Gasteiger partial charge in [0.1, 0.15) is 43.1 Å². The van der Waals surface area contributed by atoms with Crippen LogP contribution in [0.15, 0.2) is 60.7 Å². The van der Waals surface area contributed by atoms with Gasteiger partial charge in [0.2, 0.25) is 0 Å². The van der Waals surface area contributed by atoms with E-state index in [4.69, 9.17) is 14.2 Å². The number of nitrogens with zero attached hydrogens (tertiary/aromatic N) is 1. The largest absolute Gasteiger partial charge is 0.507 e. The van der Waals surface area contributed by atoms with E-state index < -0.39 is 17.7 Å². The number of ether oxygens (including phenoxy) is 3. The number of quaternary nitrogens is 1. The lowest BCUT2D eigenvalue weighted by molar-refractivity contribution is -0.908. The first-order chi connectivity index (χ1) is 18.5. The molecule has 2 fully saturated rings. The number of aliphatic hydroxyl groups excluding tert-OH is 1. The summed E-state index contributed by atoms with van der Waals surface area (Å²) in [5, 5.41) is 11.4. The van der Waals surface area contributed by atoms with Crippen molar-refractivity contribution in [3.8, 4) is 11.5 Å². The highest BCUT2D eigenvalue weighted by atomic mass is 16.5. The molecule has 8 heteroatoms. The fourth-order valence-corrected chi connectivity index (χ4v) is 5.49. The predicted octanol–water partition coefficient (Wildman–Crippen LogP) is 2.30. The molecule has 3 heterocycles. The van der Waals surface area contributed by atoms with Gasteiger partial charge in [0.05, 0.1) is 31.4 Å². The zero-order valence-electron chi connectivity index (χ0n) is 21.8. The zero-order valence-corrected chi connectivity index (χ0v) is 21.8. The van der Waals surface area contributed by atoms with Crippen LogP contribution in [0.25, 0.3) is 5.76 Å². The molecule has 2 N–H and O–H groups in total. The Morgan fingerprint density at radius 2 is 1.95 bits per heavy atom. The van der Waals surface area contributed by atoms with Gasteiger partial charge in [-0.1, -0.05) is 24.8 Å². The topological polar surface area (TPSA) is 89.7 Å². The van der Waals surface area contributed by atoms with E-state index in [0.29, 0.717) is 24.5 Å². The summed E-state index contributed by atoms with van der Waals surface area (Å²) in [6, 6.07) is 12.0. The van der Waals surface area contributed by atoms with Crippen molar-refractivity contribution in [1.82, 2.24) is 4.90 Å². The molecule has 2 aromatic rings. The van der Waals surface area contributed by atoms with Crippen molar-refractivity contribution in [3.05, 3.63) is 77.4 Å². The monoisotopic (exact) mass is 519 g/mol. The number of morpholine rings is 1. The number of carbonyl (C=O) groups is 2. The van der Waals surface area contributed by atoms with E-state index in [0.717, 1.165) is 62.6 Å². The number of fused-ring (bicyclic) bond motifs is 1. The van der Waals surface area contributed by atoms with Crippen LogP contribution in [0.1, 0.15) is 36.1 Å². The second-order valence-corrected chi connectivity index (χ2v) is 10.1. The number of ketones is 1. The van der Waals surface area contributed by atoms with Crippen molar-refractivity contribution in [3.63, 3.8) is 0 Å². The number of hydrogen-bond acceptors (Lipinski definition) is 6. The van der Waals surface area contributed by atoms with Gasteiger partial charge in [-0.15, -0.1) is 0 Å². The number of benzene rings is 2. The summed E-state index contributed by atoms with van der Waals surface area (Å²) in [6.07, 6.45) is 3.20. The molecule has 0 saturated carbocycles. The maximum atomic E-state index is 13.4. The second-order valence-electron chi connectivity index (χ2n) is 10.1. The SMILES string of the molecule is C=CCOc1ccc([C@@H]2C(=C(O)c3ccc4c(c3)C[C@H](C)O4)C(=O)C(=O)N2CCC[NH+]2CCOCC2)cc1. The lowest BCUT2D eigenvalue weighted by Gasteiger charge is -2.27. The lowest BCUT2D eigenvalue weighted by atomic mass is 9.94. The average Bonchev–Trinajstić information content (AvgIpc) is 3.43. The normalized spacial score (nSPS) is 22.8. The molecule has 1 amide bonds. The maximum absolute atomic E-state index is 13.4. The highest BCUT2D eigenvalue weighted by Gasteiger charge is 2.46. The van der Waals surface area contributed by atoms with Crippen molar-refractivity contribution < 1.29 is 33.8 Å². The van der Waals surface area contributed by atoms with Crippen LogP contribution in [0.2, 0.25) is 0 Å². The van der Waals surface area contributed by atoms with E-state index in [9.17, 15) is 14.7 Å². The Balaban J connectivity index is 1.47. The molecule has 3 aliphatic rings. The van der Waals surface area contributed by atoms with Crippen molar-refractivity contribution in [2.24, 2.45) is 0 Å². The second kappa shape index (κ2) is 11.4. The molecular weight excluding hydrogens is 484 g/mol. The Hall–Kier alpha value is -3.62. The van der Waals surface area contributed by atoms with Crippen LogP contribution in [-0.4, -0.2) is 73.8 Å². The molecule has 0 bridgehead atoms. The van der Waals surface area contributed by atoms with Crippen LogP contribution in [0.4, 0.5) is 0 Å². The van der Waals surface area contributed by atoms with Crippen molar-refractivity contribution >= 4 is 17.4 Å². The molecule has 0 aliphatic carbocycles. The van der Waals surface area contributed by atoms with E-state index in [1.165, 1.54) is 4.90 Å². The van der Waals surface area contributed by atoms with E-state index in [-0.39, 0.29) is 17.4 Å². The third kappa shape index (κ3) is 5.33. The molecule has 200 valence electrons. The summed E-state index contributed by atoms with van der Waals surface area (Å²) in [5.74, 6) is 0.0342. The Morgan fingerprint density at radius 3 is 2.68 bits per heavy atom. The van der Waals surface area contributed by atoms with Gasteiger partial charge in [0.15, 0.2) is 0 Å². The Bertz CT molecular complexity index is 1230. The Labute approximate surface area is 223 Å². The number of nitrogens with one attached hydrogen (secondary N) is 1. The fourth-order valence-electron chi connectivity index (χ4n) is 5.49. The predicted molar refractivity (Wildman–Crippen MR) is 142 cm³/mol. The first-order valence-electron chi connectivity index (χ1n) is 13.3. The summed E-state index contributed by atoms with van der Waals surface area (Å²) in [4.78, 5) is 29.7. The average molecular weight is 520 g/mol. The number of hydrogen-bond donors (Lipinski definition) is 2. The van der Waals surface area contributed by atoms with Crippen LogP contribution in [0, 0.1) is 0 Å². The van der Waals surface area contributed by atoms with Crippen molar-refractivity contribution in [2.45, 2.75) is 31.9 Å². The summed E-state index contributed by atoms with van der Waals surface area (Å²) in [7, 11) is 0. The van der Waals surface area contributed by atoms with Crippen LogP contribution in [0.3, 0.4) is 0 Å². The molecule has 38 heavy (non-hydrogen) atoms. The number of aliphatic hydroxyl groups is 1. The zero-order chi connectivity index (χ0) is 26.6. The number of rotatable bonds is 9. The molecule has 2 saturated heterocycles.